The highest BCUT2D eigenvalue weighted by Gasteiger charge is 2.46. The number of alkyl halides is 2. The van der Waals surface area contributed by atoms with Gasteiger partial charge in [-0.1, -0.05) is 12.1 Å². The topological polar surface area (TPSA) is 138 Å². The highest BCUT2D eigenvalue weighted by molar-refractivity contribution is 6.08. The molecule has 3 heterocycles. The Hall–Kier alpha value is -4.35. The molecule has 5 rings (SSSR count). The average molecular weight is 494 g/mol. The lowest BCUT2D eigenvalue weighted by Crippen LogP contribution is -2.50. The van der Waals surface area contributed by atoms with Gasteiger partial charge >= 0.3 is 0 Å². The number of nitrogens with zero attached hydrogens (tertiary/aromatic N) is 5. The number of nitrogens with two attached hydrogens (primary N) is 1. The molecule has 36 heavy (non-hydrogen) atoms. The molecule has 0 atom stereocenters. The Labute approximate surface area is 205 Å². The van der Waals surface area contributed by atoms with Crippen LogP contribution in [0.2, 0.25) is 0 Å². The molecule has 1 aliphatic carbocycles. The number of benzene rings is 1. The molecule has 5 N–H and O–H groups in total. The first kappa shape index (κ1) is 23.4. The highest BCUT2D eigenvalue weighted by atomic mass is 19.3. The summed E-state index contributed by atoms with van der Waals surface area (Å²) in [5.74, 6) is -1.32. The summed E-state index contributed by atoms with van der Waals surface area (Å²) in [4.78, 5) is 27.8. The highest BCUT2D eigenvalue weighted by Crippen LogP contribution is 2.37. The fourth-order valence-electron chi connectivity index (χ4n) is 4.25. The van der Waals surface area contributed by atoms with E-state index in [9.17, 15) is 13.6 Å². The van der Waals surface area contributed by atoms with Crippen LogP contribution in [0.15, 0.2) is 48.9 Å². The van der Waals surface area contributed by atoms with Crippen molar-refractivity contribution in [2.24, 2.45) is 5.73 Å². The maximum atomic E-state index is 13.0. The van der Waals surface area contributed by atoms with Crippen LogP contribution < -0.4 is 21.3 Å². The molecule has 0 unspecified atom stereocenters. The van der Waals surface area contributed by atoms with Gasteiger partial charge in [-0.3, -0.25) is 4.79 Å². The van der Waals surface area contributed by atoms with E-state index < -0.39 is 17.9 Å². The third-order valence-corrected chi connectivity index (χ3v) is 6.21. The first-order chi connectivity index (χ1) is 17.3. The number of rotatable bonds is 7. The van der Waals surface area contributed by atoms with Crippen molar-refractivity contribution in [2.45, 2.75) is 37.9 Å². The second-order valence-electron chi connectivity index (χ2n) is 8.80. The summed E-state index contributed by atoms with van der Waals surface area (Å²) in [5.41, 5.74) is 8.05. The number of amides is 1. The number of carbonyl (C=O) groups excluding carboxylic acids is 1. The molecule has 0 spiro atoms. The number of hydrogen-bond donors (Lipinski definition) is 4. The fourth-order valence-corrected chi connectivity index (χ4v) is 4.25. The summed E-state index contributed by atoms with van der Waals surface area (Å²) in [5, 5.41) is 13.3. The molecule has 3 aromatic rings. The van der Waals surface area contributed by atoms with Gasteiger partial charge in [0.05, 0.1) is 6.54 Å². The van der Waals surface area contributed by atoms with Gasteiger partial charge in [0, 0.05) is 68.0 Å². The van der Waals surface area contributed by atoms with Crippen molar-refractivity contribution in [2.75, 3.05) is 16.8 Å². The maximum Gasteiger partial charge on any atom is 0.271 e. The lowest BCUT2D eigenvalue weighted by molar-refractivity contribution is -0.0901. The zero-order valence-corrected chi connectivity index (χ0v) is 19.3. The van der Waals surface area contributed by atoms with E-state index in [-0.39, 0.29) is 18.5 Å². The van der Waals surface area contributed by atoms with Crippen LogP contribution in [-0.2, 0) is 13.1 Å². The SMILES string of the molecule is N=C/C(=C\N)c1ccc(Nc2ccnc(N3CCn4cc(C(=O)NC5CC(F)(F)C5)nc4C3)n2)cc1. The summed E-state index contributed by atoms with van der Waals surface area (Å²) in [6, 6.07) is 8.72. The number of fused-ring (bicyclic) bond motifs is 1. The standard InChI is InChI=1S/C24H25F2N9O/c25-24(26)9-18(10-24)31-22(36)19-13-34-7-8-35(14-21(34)32-19)23-29-6-5-20(33-23)30-17-3-1-15(2-4-17)16(11-27)12-28/h1-6,11-13,18,27H,7-10,14,28H2,(H,31,36)(H,29,30,33)/b16-12+,27-11?. The Morgan fingerprint density at radius 2 is 1.94 bits per heavy atom. The molecule has 0 bridgehead atoms. The second-order valence-corrected chi connectivity index (χ2v) is 8.80. The summed E-state index contributed by atoms with van der Waals surface area (Å²) < 4.78 is 28.0. The summed E-state index contributed by atoms with van der Waals surface area (Å²) in [6.07, 6.45) is 5.25. The molecule has 1 aliphatic heterocycles. The zero-order chi connectivity index (χ0) is 25.3. The molecular formula is C24H25F2N9O. The molecule has 0 radical (unpaired) electrons. The summed E-state index contributed by atoms with van der Waals surface area (Å²) in [7, 11) is 0. The number of imidazole rings is 1. The summed E-state index contributed by atoms with van der Waals surface area (Å²) >= 11 is 0. The van der Waals surface area contributed by atoms with Crippen LogP contribution in [0.1, 0.15) is 34.7 Å². The van der Waals surface area contributed by atoms with Gasteiger partial charge in [-0.05, 0) is 23.8 Å². The van der Waals surface area contributed by atoms with Gasteiger partial charge in [-0.25, -0.2) is 18.7 Å². The molecule has 1 aromatic carbocycles. The minimum Gasteiger partial charge on any atom is -0.404 e. The monoisotopic (exact) mass is 493 g/mol. The molecular weight excluding hydrogens is 468 g/mol. The number of nitrogens with one attached hydrogen (secondary N) is 3. The lowest BCUT2D eigenvalue weighted by Gasteiger charge is -2.35. The van der Waals surface area contributed by atoms with Gasteiger partial charge in [0.25, 0.3) is 11.8 Å². The predicted molar refractivity (Wildman–Crippen MR) is 131 cm³/mol. The van der Waals surface area contributed by atoms with Crippen LogP contribution in [0.5, 0.6) is 0 Å². The van der Waals surface area contributed by atoms with E-state index >= 15 is 0 Å². The third kappa shape index (κ3) is 4.88. The molecule has 2 aliphatic rings. The smallest absolute Gasteiger partial charge is 0.271 e. The molecule has 12 heteroatoms. The van der Waals surface area contributed by atoms with Crippen molar-refractivity contribution in [1.82, 2.24) is 24.8 Å². The van der Waals surface area contributed by atoms with E-state index in [0.29, 0.717) is 42.8 Å². The van der Waals surface area contributed by atoms with Crippen LogP contribution in [0.4, 0.5) is 26.2 Å². The number of aromatic nitrogens is 4. The molecule has 186 valence electrons. The lowest BCUT2D eigenvalue weighted by atomic mass is 9.88. The van der Waals surface area contributed by atoms with E-state index in [1.165, 1.54) is 12.4 Å². The second kappa shape index (κ2) is 9.36. The van der Waals surface area contributed by atoms with Crippen molar-refractivity contribution in [1.29, 1.82) is 5.41 Å². The van der Waals surface area contributed by atoms with Crippen LogP contribution in [0, 0.1) is 5.41 Å². The van der Waals surface area contributed by atoms with E-state index in [2.05, 4.69) is 25.6 Å². The molecule has 10 nitrogen and oxygen atoms in total. The van der Waals surface area contributed by atoms with Gasteiger partial charge < -0.3 is 31.2 Å². The Bertz CT molecular complexity index is 1310. The molecule has 1 saturated carbocycles. The number of anilines is 3. The van der Waals surface area contributed by atoms with Crippen molar-refractivity contribution >= 4 is 35.1 Å². The van der Waals surface area contributed by atoms with Crippen LogP contribution in [0.3, 0.4) is 0 Å². The van der Waals surface area contributed by atoms with E-state index in [1.807, 2.05) is 33.7 Å². The molecule has 2 aromatic heterocycles. The van der Waals surface area contributed by atoms with Crippen molar-refractivity contribution in [3.05, 3.63) is 66.0 Å². The Morgan fingerprint density at radius 1 is 1.17 bits per heavy atom. The molecule has 1 fully saturated rings. The normalized spacial score (nSPS) is 17.2. The fraction of sp³-hybridized carbons (Fsp3) is 0.292. The van der Waals surface area contributed by atoms with Crippen molar-refractivity contribution in [3.8, 4) is 0 Å². The van der Waals surface area contributed by atoms with E-state index in [0.717, 1.165) is 11.3 Å². The number of allylic oxidation sites excluding steroid dienone is 1. The van der Waals surface area contributed by atoms with Gasteiger partial charge in [-0.15, -0.1) is 0 Å². The minimum atomic E-state index is -2.69. The first-order valence-corrected chi connectivity index (χ1v) is 11.5. The third-order valence-electron chi connectivity index (χ3n) is 6.21. The van der Waals surface area contributed by atoms with E-state index in [4.69, 9.17) is 11.1 Å². The van der Waals surface area contributed by atoms with Gasteiger partial charge in [-0.2, -0.15) is 4.98 Å². The molecule has 0 saturated heterocycles. The largest absolute Gasteiger partial charge is 0.404 e. The number of carbonyl (C=O) groups is 1. The number of hydrogen-bond acceptors (Lipinski definition) is 8. The van der Waals surface area contributed by atoms with Crippen LogP contribution >= 0.6 is 0 Å². The summed E-state index contributed by atoms with van der Waals surface area (Å²) in [6.45, 7) is 1.61. The van der Waals surface area contributed by atoms with Crippen LogP contribution in [0.25, 0.3) is 5.57 Å². The zero-order valence-electron chi connectivity index (χ0n) is 19.3. The van der Waals surface area contributed by atoms with Gasteiger partial charge in [0.1, 0.15) is 17.3 Å². The maximum absolute atomic E-state index is 13.0. The van der Waals surface area contributed by atoms with Crippen LogP contribution in [-0.4, -0.2) is 50.1 Å². The quantitative estimate of drug-likeness (QED) is 0.371. The number of halogens is 2. The Morgan fingerprint density at radius 3 is 2.64 bits per heavy atom. The van der Waals surface area contributed by atoms with Gasteiger partial charge in [0.2, 0.25) is 5.95 Å². The average Bonchev–Trinajstić information content (AvgIpc) is 3.29. The Kier molecular flexibility index (Phi) is 6.08. The Balaban J connectivity index is 1.24. The van der Waals surface area contributed by atoms with Crippen molar-refractivity contribution < 1.29 is 13.6 Å². The molecule has 1 amide bonds. The minimum absolute atomic E-state index is 0.220. The van der Waals surface area contributed by atoms with Crippen molar-refractivity contribution in [3.63, 3.8) is 0 Å². The first-order valence-electron chi connectivity index (χ1n) is 11.5. The van der Waals surface area contributed by atoms with Gasteiger partial charge in [0.15, 0.2) is 0 Å². The van der Waals surface area contributed by atoms with E-state index in [1.54, 1.807) is 18.5 Å². The predicted octanol–water partition coefficient (Wildman–Crippen LogP) is 2.91.